The van der Waals surface area contributed by atoms with Gasteiger partial charge >= 0.3 is 0 Å². The van der Waals surface area contributed by atoms with Crippen LogP contribution in [-0.4, -0.2) is 34.0 Å². The number of benzene rings is 1. The van der Waals surface area contributed by atoms with Gasteiger partial charge in [0.25, 0.3) is 0 Å². The van der Waals surface area contributed by atoms with Crippen molar-refractivity contribution in [2.75, 3.05) is 6.61 Å². The second-order valence-corrected chi connectivity index (χ2v) is 6.87. The first kappa shape index (κ1) is 16.1. The molecule has 132 valence electrons. The summed E-state index contributed by atoms with van der Waals surface area (Å²) in [5.74, 6) is 1.03. The Bertz CT molecular complexity index is 782. The van der Waals surface area contributed by atoms with Crippen molar-refractivity contribution in [1.29, 1.82) is 0 Å². The molecule has 2 aliphatic rings. The second kappa shape index (κ2) is 6.48. The topological polar surface area (TPSA) is 97.5 Å². The van der Waals surface area contributed by atoms with E-state index >= 15 is 0 Å². The molecule has 1 saturated carbocycles. The van der Waals surface area contributed by atoms with Crippen molar-refractivity contribution in [3.8, 4) is 5.75 Å². The molecule has 0 spiro atoms. The number of fused-ring (bicyclic) bond motifs is 1. The van der Waals surface area contributed by atoms with Gasteiger partial charge in [-0.05, 0) is 48.9 Å². The maximum Gasteiger partial charge on any atom is 0.226 e. The zero-order valence-electron chi connectivity index (χ0n) is 14.1. The first-order valence-corrected chi connectivity index (χ1v) is 8.61. The summed E-state index contributed by atoms with van der Waals surface area (Å²) in [6.45, 7) is 2.47. The highest BCUT2D eigenvalue weighted by Crippen LogP contribution is 2.39. The summed E-state index contributed by atoms with van der Waals surface area (Å²) in [6, 6.07) is 5.96. The second-order valence-electron chi connectivity index (χ2n) is 6.87. The first-order chi connectivity index (χ1) is 12.1. The van der Waals surface area contributed by atoms with E-state index in [1.807, 2.05) is 12.1 Å². The molecule has 2 aromatic rings. The normalized spacial score (nSPS) is 22.6. The maximum atomic E-state index is 12.5. The van der Waals surface area contributed by atoms with Crippen LogP contribution >= 0.6 is 0 Å². The summed E-state index contributed by atoms with van der Waals surface area (Å²) in [7, 11) is 0. The molecule has 1 aliphatic heterocycles. The Balaban J connectivity index is 1.52. The van der Waals surface area contributed by atoms with Crippen molar-refractivity contribution in [3.05, 3.63) is 40.7 Å². The summed E-state index contributed by atoms with van der Waals surface area (Å²) in [5.41, 5.74) is 3.41. The van der Waals surface area contributed by atoms with E-state index in [9.17, 15) is 9.90 Å². The van der Waals surface area contributed by atoms with Crippen LogP contribution in [0.4, 0.5) is 0 Å². The monoisotopic (exact) mass is 343 g/mol. The Morgan fingerprint density at radius 1 is 1.40 bits per heavy atom. The fourth-order valence-corrected chi connectivity index (χ4v) is 3.56. The van der Waals surface area contributed by atoms with Crippen LogP contribution in [0.25, 0.3) is 0 Å². The Labute approximate surface area is 145 Å². The molecule has 1 aromatic carbocycles. The lowest BCUT2D eigenvalue weighted by Gasteiger charge is -2.38. The number of carbonyl (C=O) groups is 1. The summed E-state index contributed by atoms with van der Waals surface area (Å²) in [4.78, 5) is 12.5. The third-order valence-electron chi connectivity index (χ3n) is 5.08. The summed E-state index contributed by atoms with van der Waals surface area (Å²) in [5, 5.41) is 20.3. The summed E-state index contributed by atoms with van der Waals surface area (Å²) >= 11 is 0. The predicted octanol–water partition coefficient (Wildman–Crippen LogP) is 1.48. The zero-order valence-corrected chi connectivity index (χ0v) is 14.1. The summed E-state index contributed by atoms with van der Waals surface area (Å²) in [6.07, 6.45) is 2.14. The fourth-order valence-electron chi connectivity index (χ4n) is 3.56. The summed E-state index contributed by atoms with van der Waals surface area (Å²) < 4.78 is 10.2. The van der Waals surface area contributed by atoms with Crippen LogP contribution in [0.15, 0.2) is 22.8 Å². The van der Waals surface area contributed by atoms with Gasteiger partial charge in [-0.25, -0.2) is 4.63 Å². The van der Waals surface area contributed by atoms with Gasteiger partial charge < -0.3 is 15.2 Å². The maximum absolute atomic E-state index is 12.5. The first-order valence-electron chi connectivity index (χ1n) is 8.61. The molecule has 4 rings (SSSR count). The van der Waals surface area contributed by atoms with Crippen LogP contribution in [0, 0.1) is 12.8 Å². The average molecular weight is 343 g/mol. The third-order valence-corrected chi connectivity index (χ3v) is 5.08. The van der Waals surface area contributed by atoms with Crippen LogP contribution in [-0.2, 0) is 17.6 Å². The minimum absolute atomic E-state index is 0.123. The van der Waals surface area contributed by atoms with E-state index in [0.29, 0.717) is 30.8 Å². The van der Waals surface area contributed by atoms with E-state index in [2.05, 4.69) is 26.3 Å². The standard InChI is InChI=1S/C18H21N3O4/c1-10-15(21-25-20-10)9-17(23)19-18(13-7-14(22)8-13)12-2-3-16-11(6-12)4-5-24-16/h2-3,6,13-14,18,22H,4-5,7-9H2,1H3,(H,19,23)/t13?,14?,18-/m0/s1. The molecule has 7 heteroatoms. The number of nitrogens with zero attached hydrogens (tertiary/aromatic N) is 2. The number of aliphatic hydroxyl groups is 1. The molecule has 1 amide bonds. The Morgan fingerprint density at radius 2 is 2.24 bits per heavy atom. The van der Waals surface area contributed by atoms with Crippen LogP contribution in [0.5, 0.6) is 5.75 Å². The smallest absolute Gasteiger partial charge is 0.226 e. The highest BCUT2D eigenvalue weighted by atomic mass is 16.6. The molecule has 2 N–H and O–H groups in total. The van der Waals surface area contributed by atoms with Crippen LogP contribution in [0.1, 0.15) is 41.4 Å². The van der Waals surface area contributed by atoms with Crippen molar-refractivity contribution >= 4 is 5.91 Å². The molecule has 2 heterocycles. The van der Waals surface area contributed by atoms with Crippen molar-refractivity contribution in [2.24, 2.45) is 5.92 Å². The number of hydrogen-bond acceptors (Lipinski definition) is 6. The van der Waals surface area contributed by atoms with Gasteiger partial charge in [-0.1, -0.05) is 16.4 Å². The third kappa shape index (κ3) is 3.24. The molecule has 7 nitrogen and oxygen atoms in total. The van der Waals surface area contributed by atoms with Gasteiger partial charge in [-0.15, -0.1) is 0 Å². The van der Waals surface area contributed by atoms with Gasteiger partial charge in [-0.2, -0.15) is 0 Å². The Kier molecular flexibility index (Phi) is 4.17. The predicted molar refractivity (Wildman–Crippen MR) is 88.0 cm³/mol. The minimum atomic E-state index is -0.274. The van der Waals surface area contributed by atoms with E-state index in [0.717, 1.165) is 17.7 Å². The SMILES string of the molecule is Cc1nonc1CC(=O)N[C@@H](c1ccc2c(c1)CCO2)C1CC(O)C1. The molecular formula is C18H21N3O4. The Hall–Kier alpha value is -2.41. The number of amides is 1. The average Bonchev–Trinajstić information content (AvgIpc) is 3.18. The molecular weight excluding hydrogens is 322 g/mol. The van der Waals surface area contributed by atoms with E-state index < -0.39 is 0 Å². The van der Waals surface area contributed by atoms with Gasteiger partial charge in [-0.3, -0.25) is 4.79 Å². The lowest BCUT2D eigenvalue weighted by molar-refractivity contribution is -0.122. The lowest BCUT2D eigenvalue weighted by Crippen LogP contribution is -2.42. The minimum Gasteiger partial charge on any atom is -0.493 e. The number of rotatable bonds is 5. The zero-order chi connectivity index (χ0) is 17.4. The van der Waals surface area contributed by atoms with E-state index in [-0.39, 0.29) is 30.4 Å². The molecule has 1 atom stereocenters. The molecule has 25 heavy (non-hydrogen) atoms. The van der Waals surface area contributed by atoms with E-state index in [1.165, 1.54) is 5.56 Å². The molecule has 0 radical (unpaired) electrons. The van der Waals surface area contributed by atoms with Gasteiger partial charge in [0, 0.05) is 6.42 Å². The van der Waals surface area contributed by atoms with Gasteiger partial charge in [0.2, 0.25) is 5.91 Å². The quantitative estimate of drug-likeness (QED) is 0.853. The van der Waals surface area contributed by atoms with Crippen molar-refractivity contribution in [3.63, 3.8) is 0 Å². The van der Waals surface area contributed by atoms with E-state index in [4.69, 9.17) is 4.74 Å². The van der Waals surface area contributed by atoms with Crippen LogP contribution in [0.2, 0.25) is 0 Å². The van der Waals surface area contributed by atoms with E-state index in [1.54, 1.807) is 6.92 Å². The Morgan fingerprint density at radius 3 is 2.96 bits per heavy atom. The molecule has 1 aromatic heterocycles. The van der Waals surface area contributed by atoms with Crippen molar-refractivity contribution in [1.82, 2.24) is 15.6 Å². The lowest BCUT2D eigenvalue weighted by atomic mass is 9.74. The number of aryl methyl sites for hydroxylation is 1. The van der Waals surface area contributed by atoms with Gasteiger partial charge in [0.15, 0.2) is 0 Å². The number of aromatic nitrogens is 2. The number of aliphatic hydroxyl groups excluding tert-OH is 1. The molecule has 0 unspecified atom stereocenters. The number of nitrogens with one attached hydrogen (secondary N) is 1. The number of ether oxygens (including phenoxy) is 1. The van der Waals surface area contributed by atoms with Gasteiger partial charge in [0.05, 0.1) is 25.2 Å². The number of hydrogen-bond donors (Lipinski definition) is 2. The molecule has 1 fully saturated rings. The van der Waals surface area contributed by atoms with Crippen LogP contribution < -0.4 is 10.1 Å². The van der Waals surface area contributed by atoms with Gasteiger partial charge in [0.1, 0.15) is 17.1 Å². The van der Waals surface area contributed by atoms with Crippen LogP contribution in [0.3, 0.4) is 0 Å². The van der Waals surface area contributed by atoms with Crippen molar-refractivity contribution < 1.29 is 19.3 Å². The highest BCUT2D eigenvalue weighted by molar-refractivity contribution is 5.78. The fraction of sp³-hybridized carbons (Fsp3) is 0.500. The number of carbonyl (C=O) groups excluding carboxylic acids is 1. The molecule has 1 aliphatic carbocycles. The largest absolute Gasteiger partial charge is 0.493 e. The molecule has 0 bridgehead atoms. The van der Waals surface area contributed by atoms with Crippen molar-refractivity contribution in [2.45, 2.75) is 44.8 Å². The highest BCUT2D eigenvalue weighted by Gasteiger charge is 2.36. The molecule has 0 saturated heterocycles.